The molecule has 0 saturated heterocycles. The van der Waals surface area contributed by atoms with Crippen molar-refractivity contribution in [2.75, 3.05) is 6.54 Å². The molecule has 1 rings (SSSR count). The molecule has 0 aromatic rings. The van der Waals surface area contributed by atoms with Crippen molar-refractivity contribution in [1.29, 1.82) is 0 Å². The highest BCUT2D eigenvalue weighted by atomic mass is 35.5. The molecule has 0 radical (unpaired) electrons. The van der Waals surface area contributed by atoms with Crippen LogP contribution in [0.25, 0.3) is 0 Å². The van der Waals surface area contributed by atoms with Crippen LogP contribution >= 0.6 is 12.4 Å². The van der Waals surface area contributed by atoms with Gasteiger partial charge in [-0.2, -0.15) is 0 Å². The van der Waals surface area contributed by atoms with E-state index >= 15 is 0 Å². The van der Waals surface area contributed by atoms with Gasteiger partial charge in [0, 0.05) is 18.9 Å². The zero-order chi connectivity index (χ0) is 7.61. The lowest BCUT2D eigenvalue weighted by Crippen LogP contribution is -2.36. The summed E-state index contributed by atoms with van der Waals surface area (Å²) >= 11 is 0. The minimum Gasteiger partial charge on any atom is -0.330 e. The lowest BCUT2D eigenvalue weighted by molar-refractivity contribution is -0.0816. The molecule has 1 saturated carbocycles. The highest BCUT2D eigenvalue weighted by Crippen LogP contribution is 2.37. The summed E-state index contributed by atoms with van der Waals surface area (Å²) in [5, 5.41) is 0. The summed E-state index contributed by atoms with van der Waals surface area (Å²) in [6.07, 6.45) is 2.21. The van der Waals surface area contributed by atoms with Gasteiger partial charge < -0.3 is 5.73 Å². The molecule has 0 aromatic heterocycles. The predicted octanol–water partition coefficient (Wildman–Crippen LogP) is 2.19. The Bertz CT molecular complexity index is 119. The average Bonchev–Trinajstić information content (AvgIpc) is 1.87. The van der Waals surface area contributed by atoms with Gasteiger partial charge in [0.2, 0.25) is 0 Å². The molecule has 68 valence electrons. The van der Waals surface area contributed by atoms with Crippen molar-refractivity contribution < 1.29 is 8.78 Å². The Labute approximate surface area is 71.7 Å². The fraction of sp³-hybridized carbons (Fsp3) is 1.00. The third kappa shape index (κ3) is 2.56. The molecule has 1 unspecified atom stereocenters. The van der Waals surface area contributed by atoms with Crippen LogP contribution in [0.15, 0.2) is 0 Å². The van der Waals surface area contributed by atoms with Crippen molar-refractivity contribution in [2.45, 2.75) is 31.6 Å². The summed E-state index contributed by atoms with van der Waals surface area (Å²) in [4.78, 5) is 0. The first kappa shape index (κ1) is 11.1. The molecule has 1 aliphatic carbocycles. The van der Waals surface area contributed by atoms with Crippen LogP contribution in [0.1, 0.15) is 25.7 Å². The maximum atomic E-state index is 12.8. The van der Waals surface area contributed by atoms with Crippen LogP contribution < -0.4 is 5.73 Å². The highest BCUT2D eigenvalue weighted by molar-refractivity contribution is 5.85. The molecule has 1 nitrogen and oxygen atoms in total. The Morgan fingerprint density at radius 3 is 2.36 bits per heavy atom. The zero-order valence-electron chi connectivity index (χ0n) is 6.35. The molecule has 1 aliphatic rings. The van der Waals surface area contributed by atoms with Gasteiger partial charge in [0.1, 0.15) is 0 Å². The molecule has 11 heavy (non-hydrogen) atoms. The zero-order valence-corrected chi connectivity index (χ0v) is 7.17. The second-order valence-corrected chi connectivity index (χ2v) is 2.94. The smallest absolute Gasteiger partial charge is 0.252 e. The molecule has 1 atom stereocenters. The van der Waals surface area contributed by atoms with Crippen LogP contribution in [0.5, 0.6) is 0 Å². The molecule has 1 fully saturated rings. The molecular formula is C7H14ClF2N. The van der Waals surface area contributed by atoms with Gasteiger partial charge in [-0.05, 0) is 12.8 Å². The molecule has 0 spiro atoms. The van der Waals surface area contributed by atoms with Crippen LogP contribution in [0.3, 0.4) is 0 Å². The van der Waals surface area contributed by atoms with Gasteiger partial charge in [-0.3, -0.25) is 0 Å². The van der Waals surface area contributed by atoms with Crippen LogP contribution in [-0.2, 0) is 0 Å². The molecule has 0 aromatic carbocycles. The van der Waals surface area contributed by atoms with Crippen molar-refractivity contribution in [3.8, 4) is 0 Å². The molecule has 0 amide bonds. The summed E-state index contributed by atoms with van der Waals surface area (Å²) < 4.78 is 25.6. The first-order valence-corrected chi connectivity index (χ1v) is 3.74. The molecule has 2 N–H and O–H groups in total. The lowest BCUT2D eigenvalue weighted by atomic mass is 9.86. The summed E-state index contributed by atoms with van der Waals surface area (Å²) in [5.74, 6) is -3.03. The van der Waals surface area contributed by atoms with Gasteiger partial charge in [0.15, 0.2) is 0 Å². The quantitative estimate of drug-likeness (QED) is 0.666. The van der Waals surface area contributed by atoms with Crippen LogP contribution in [-0.4, -0.2) is 12.5 Å². The lowest BCUT2D eigenvalue weighted by Gasteiger charge is -2.29. The van der Waals surface area contributed by atoms with E-state index in [1.807, 2.05) is 0 Å². The van der Waals surface area contributed by atoms with E-state index in [9.17, 15) is 8.78 Å². The van der Waals surface area contributed by atoms with E-state index in [4.69, 9.17) is 5.73 Å². The number of hydrogen-bond acceptors (Lipinski definition) is 1. The predicted molar refractivity (Wildman–Crippen MR) is 43.2 cm³/mol. The van der Waals surface area contributed by atoms with Crippen molar-refractivity contribution in [1.82, 2.24) is 0 Å². The summed E-state index contributed by atoms with van der Waals surface area (Å²) in [7, 11) is 0. The first-order valence-electron chi connectivity index (χ1n) is 3.74. The maximum absolute atomic E-state index is 12.8. The van der Waals surface area contributed by atoms with Gasteiger partial charge >= 0.3 is 0 Å². The fourth-order valence-corrected chi connectivity index (χ4v) is 1.46. The second kappa shape index (κ2) is 4.21. The third-order valence-corrected chi connectivity index (χ3v) is 2.19. The van der Waals surface area contributed by atoms with Gasteiger partial charge in [-0.1, -0.05) is 6.42 Å². The van der Waals surface area contributed by atoms with E-state index in [0.29, 0.717) is 12.8 Å². The van der Waals surface area contributed by atoms with Gasteiger partial charge in [0.05, 0.1) is 0 Å². The topological polar surface area (TPSA) is 26.0 Å². The fourth-order valence-electron chi connectivity index (χ4n) is 1.46. The number of hydrogen-bond donors (Lipinski definition) is 1. The Morgan fingerprint density at radius 2 is 2.00 bits per heavy atom. The normalized spacial score (nSPS) is 29.2. The van der Waals surface area contributed by atoms with Crippen LogP contribution in [0, 0.1) is 5.92 Å². The largest absolute Gasteiger partial charge is 0.330 e. The summed E-state index contributed by atoms with van der Waals surface area (Å²) in [5.41, 5.74) is 5.20. The molecule has 0 aliphatic heterocycles. The Morgan fingerprint density at radius 1 is 1.36 bits per heavy atom. The Kier molecular flexibility index (Phi) is 4.26. The number of alkyl halides is 2. The molecule has 0 heterocycles. The van der Waals surface area contributed by atoms with Crippen molar-refractivity contribution in [3.05, 3.63) is 0 Å². The maximum Gasteiger partial charge on any atom is 0.252 e. The Balaban J connectivity index is 0.000001000. The highest BCUT2D eigenvalue weighted by Gasteiger charge is 2.39. The van der Waals surface area contributed by atoms with E-state index in [2.05, 4.69) is 0 Å². The molecule has 0 bridgehead atoms. The van der Waals surface area contributed by atoms with Crippen molar-refractivity contribution >= 4 is 12.4 Å². The minimum absolute atomic E-state index is 0. The van der Waals surface area contributed by atoms with E-state index in [1.54, 1.807) is 0 Å². The number of halogens is 3. The third-order valence-electron chi connectivity index (χ3n) is 2.19. The van der Waals surface area contributed by atoms with Crippen LogP contribution in [0.2, 0.25) is 0 Å². The van der Waals surface area contributed by atoms with E-state index in [0.717, 1.165) is 6.42 Å². The minimum atomic E-state index is -2.48. The summed E-state index contributed by atoms with van der Waals surface area (Å²) in [6, 6.07) is 0. The number of nitrogens with two attached hydrogens (primary N) is 1. The second-order valence-electron chi connectivity index (χ2n) is 2.94. The molecular weight excluding hydrogens is 172 g/mol. The Hall–Kier alpha value is 0.110. The van der Waals surface area contributed by atoms with Gasteiger partial charge in [0.25, 0.3) is 5.92 Å². The van der Waals surface area contributed by atoms with Gasteiger partial charge in [-0.15, -0.1) is 12.4 Å². The van der Waals surface area contributed by atoms with E-state index < -0.39 is 11.8 Å². The summed E-state index contributed by atoms with van der Waals surface area (Å²) in [6.45, 7) is 0.132. The standard InChI is InChI=1S/C7H13F2N.ClH/c8-7(9)4-2-1-3-6(7)5-10;/h6H,1-5,10H2;1H. The van der Waals surface area contributed by atoms with Crippen LogP contribution in [0.4, 0.5) is 8.78 Å². The molecule has 4 heteroatoms. The first-order chi connectivity index (χ1) is 4.67. The number of rotatable bonds is 1. The van der Waals surface area contributed by atoms with Crippen molar-refractivity contribution in [2.24, 2.45) is 11.7 Å². The van der Waals surface area contributed by atoms with E-state index in [-0.39, 0.29) is 25.4 Å². The van der Waals surface area contributed by atoms with Crippen molar-refractivity contribution in [3.63, 3.8) is 0 Å². The average molecular weight is 186 g/mol. The monoisotopic (exact) mass is 185 g/mol. The van der Waals surface area contributed by atoms with Gasteiger partial charge in [-0.25, -0.2) is 8.78 Å². The van der Waals surface area contributed by atoms with E-state index in [1.165, 1.54) is 0 Å². The SMILES string of the molecule is Cl.NCC1CCCCC1(F)F.